The summed E-state index contributed by atoms with van der Waals surface area (Å²) in [5.41, 5.74) is 0.890. The van der Waals surface area contributed by atoms with E-state index in [1.165, 1.54) is 0 Å². The van der Waals surface area contributed by atoms with Crippen LogP contribution in [0.1, 0.15) is 0 Å². The zero-order valence-corrected chi connectivity index (χ0v) is 8.93. The zero-order chi connectivity index (χ0) is 11.5. The van der Waals surface area contributed by atoms with Crippen molar-refractivity contribution in [3.63, 3.8) is 0 Å². The van der Waals surface area contributed by atoms with Crippen molar-refractivity contribution in [2.24, 2.45) is 0 Å². The molecule has 0 saturated heterocycles. The summed E-state index contributed by atoms with van der Waals surface area (Å²) in [6, 6.07) is 7.45. The predicted molar refractivity (Wildman–Crippen MR) is 62.4 cm³/mol. The molecule has 0 unspecified atom stereocenters. The van der Waals surface area contributed by atoms with Gasteiger partial charge in [0.2, 0.25) is 0 Å². The molecule has 0 spiro atoms. The standard InChI is InChI=1S/C12H9N5/c1-3-10(9-13-5-1)12-14-7-4-11(16-12)17-8-2-6-15-17/h1-9H. The fraction of sp³-hybridized carbons (Fsp3) is 0. The van der Waals surface area contributed by atoms with Gasteiger partial charge in [-0.3, -0.25) is 4.98 Å². The fourth-order valence-electron chi connectivity index (χ4n) is 1.52. The first-order valence-corrected chi connectivity index (χ1v) is 5.17. The van der Waals surface area contributed by atoms with Crippen molar-refractivity contribution in [2.75, 3.05) is 0 Å². The number of aromatic nitrogens is 5. The van der Waals surface area contributed by atoms with Crippen LogP contribution in [-0.4, -0.2) is 24.7 Å². The monoisotopic (exact) mass is 223 g/mol. The molecule has 5 heteroatoms. The smallest absolute Gasteiger partial charge is 0.163 e. The second-order valence-electron chi connectivity index (χ2n) is 3.43. The van der Waals surface area contributed by atoms with E-state index in [1.54, 1.807) is 29.5 Å². The van der Waals surface area contributed by atoms with Crippen molar-refractivity contribution in [2.45, 2.75) is 0 Å². The van der Waals surface area contributed by atoms with Crippen LogP contribution in [0.25, 0.3) is 17.2 Å². The van der Waals surface area contributed by atoms with Crippen molar-refractivity contribution < 1.29 is 0 Å². The Kier molecular flexibility index (Phi) is 2.34. The Hall–Kier alpha value is -2.56. The van der Waals surface area contributed by atoms with Crippen LogP contribution in [0.4, 0.5) is 0 Å². The molecule has 3 heterocycles. The highest BCUT2D eigenvalue weighted by molar-refractivity contribution is 5.53. The lowest BCUT2D eigenvalue weighted by Gasteiger charge is -2.02. The topological polar surface area (TPSA) is 56.5 Å². The molecular formula is C12H9N5. The van der Waals surface area contributed by atoms with Gasteiger partial charge in [0, 0.05) is 42.6 Å². The van der Waals surface area contributed by atoms with Gasteiger partial charge in [0.15, 0.2) is 11.6 Å². The van der Waals surface area contributed by atoms with Gasteiger partial charge in [0.25, 0.3) is 0 Å². The van der Waals surface area contributed by atoms with E-state index in [1.807, 2.05) is 30.5 Å². The van der Waals surface area contributed by atoms with Crippen molar-refractivity contribution >= 4 is 0 Å². The second-order valence-corrected chi connectivity index (χ2v) is 3.43. The highest BCUT2D eigenvalue weighted by atomic mass is 15.3. The van der Waals surface area contributed by atoms with E-state index >= 15 is 0 Å². The van der Waals surface area contributed by atoms with Gasteiger partial charge in [-0.25, -0.2) is 14.6 Å². The van der Waals surface area contributed by atoms with E-state index in [0.717, 1.165) is 11.4 Å². The molecule has 0 saturated carbocycles. The normalized spacial score (nSPS) is 10.4. The minimum atomic E-state index is 0.645. The minimum Gasteiger partial charge on any atom is -0.264 e. The van der Waals surface area contributed by atoms with Crippen molar-refractivity contribution in [1.82, 2.24) is 24.7 Å². The molecule has 3 aromatic heterocycles. The lowest BCUT2D eigenvalue weighted by atomic mass is 10.3. The first-order valence-electron chi connectivity index (χ1n) is 5.17. The summed E-state index contributed by atoms with van der Waals surface area (Å²) in [5, 5.41) is 4.13. The Balaban J connectivity index is 2.06. The van der Waals surface area contributed by atoms with Crippen LogP contribution in [0.15, 0.2) is 55.2 Å². The molecule has 0 bridgehead atoms. The van der Waals surface area contributed by atoms with Crippen LogP contribution in [-0.2, 0) is 0 Å². The average Bonchev–Trinajstić information content (AvgIpc) is 2.94. The van der Waals surface area contributed by atoms with Crippen LogP contribution < -0.4 is 0 Å². The average molecular weight is 223 g/mol. The molecular weight excluding hydrogens is 214 g/mol. The molecule has 0 aliphatic carbocycles. The Bertz CT molecular complexity index is 604. The zero-order valence-electron chi connectivity index (χ0n) is 8.93. The Morgan fingerprint density at radius 1 is 1.00 bits per heavy atom. The Morgan fingerprint density at radius 2 is 2.00 bits per heavy atom. The lowest BCUT2D eigenvalue weighted by Crippen LogP contribution is -2.00. The third kappa shape index (κ3) is 1.90. The van der Waals surface area contributed by atoms with E-state index in [4.69, 9.17) is 0 Å². The summed E-state index contributed by atoms with van der Waals surface area (Å²) in [5.74, 6) is 1.38. The second kappa shape index (κ2) is 4.13. The molecule has 3 aromatic rings. The van der Waals surface area contributed by atoms with Crippen molar-refractivity contribution in [3.8, 4) is 17.2 Å². The molecule has 0 aromatic carbocycles. The third-order valence-electron chi connectivity index (χ3n) is 2.30. The van der Waals surface area contributed by atoms with Crippen molar-refractivity contribution in [3.05, 3.63) is 55.2 Å². The SMILES string of the molecule is c1cncc(-c2nccc(-n3cccn3)n2)c1. The van der Waals surface area contributed by atoms with Gasteiger partial charge >= 0.3 is 0 Å². The van der Waals surface area contributed by atoms with Crippen LogP contribution in [0.2, 0.25) is 0 Å². The molecule has 0 radical (unpaired) electrons. The Labute approximate surface area is 97.8 Å². The molecule has 0 N–H and O–H groups in total. The number of rotatable bonds is 2. The number of nitrogens with zero attached hydrogens (tertiary/aromatic N) is 5. The maximum absolute atomic E-state index is 4.43. The number of hydrogen-bond donors (Lipinski definition) is 0. The van der Waals surface area contributed by atoms with Gasteiger partial charge in [-0.2, -0.15) is 5.10 Å². The summed E-state index contributed by atoms with van der Waals surface area (Å²) >= 11 is 0. The van der Waals surface area contributed by atoms with Gasteiger partial charge < -0.3 is 0 Å². The fourth-order valence-corrected chi connectivity index (χ4v) is 1.52. The maximum Gasteiger partial charge on any atom is 0.163 e. The summed E-state index contributed by atoms with van der Waals surface area (Å²) in [4.78, 5) is 12.7. The van der Waals surface area contributed by atoms with Gasteiger partial charge in [-0.15, -0.1) is 0 Å². The van der Waals surface area contributed by atoms with Crippen LogP contribution in [0.3, 0.4) is 0 Å². The number of pyridine rings is 1. The molecule has 0 fully saturated rings. The van der Waals surface area contributed by atoms with Gasteiger partial charge in [0.05, 0.1) is 0 Å². The number of hydrogen-bond acceptors (Lipinski definition) is 4. The first kappa shape index (κ1) is 9.65. The molecule has 3 rings (SSSR count). The van der Waals surface area contributed by atoms with Gasteiger partial charge in [0.1, 0.15) is 0 Å². The summed E-state index contributed by atoms with van der Waals surface area (Å²) in [6.07, 6.45) is 8.73. The van der Waals surface area contributed by atoms with Gasteiger partial charge in [-0.05, 0) is 18.2 Å². The first-order chi connectivity index (χ1) is 8.43. The highest BCUT2D eigenvalue weighted by Crippen LogP contribution is 2.13. The molecule has 0 aliphatic heterocycles. The third-order valence-corrected chi connectivity index (χ3v) is 2.30. The predicted octanol–water partition coefficient (Wildman–Crippen LogP) is 1.72. The van der Waals surface area contributed by atoms with E-state index in [2.05, 4.69) is 20.1 Å². The quantitative estimate of drug-likeness (QED) is 0.663. The van der Waals surface area contributed by atoms with E-state index in [0.29, 0.717) is 5.82 Å². The maximum atomic E-state index is 4.43. The molecule has 0 aliphatic rings. The summed E-state index contributed by atoms with van der Waals surface area (Å²) < 4.78 is 1.70. The van der Waals surface area contributed by atoms with Crippen LogP contribution in [0.5, 0.6) is 0 Å². The molecule has 0 amide bonds. The van der Waals surface area contributed by atoms with Crippen LogP contribution in [0, 0.1) is 0 Å². The largest absolute Gasteiger partial charge is 0.264 e. The molecule has 5 nitrogen and oxygen atoms in total. The highest BCUT2D eigenvalue weighted by Gasteiger charge is 2.03. The van der Waals surface area contributed by atoms with Gasteiger partial charge in [-0.1, -0.05) is 0 Å². The van der Waals surface area contributed by atoms with Crippen molar-refractivity contribution in [1.29, 1.82) is 0 Å². The van der Waals surface area contributed by atoms with Crippen LogP contribution >= 0.6 is 0 Å². The van der Waals surface area contributed by atoms with E-state index in [9.17, 15) is 0 Å². The Morgan fingerprint density at radius 3 is 2.76 bits per heavy atom. The summed E-state index contributed by atoms with van der Waals surface area (Å²) in [6.45, 7) is 0. The molecule has 0 atom stereocenters. The minimum absolute atomic E-state index is 0.645. The molecule has 17 heavy (non-hydrogen) atoms. The molecule has 82 valence electrons. The van der Waals surface area contributed by atoms with E-state index < -0.39 is 0 Å². The summed E-state index contributed by atoms with van der Waals surface area (Å²) in [7, 11) is 0. The lowest BCUT2D eigenvalue weighted by molar-refractivity contribution is 0.841. The van der Waals surface area contributed by atoms with E-state index in [-0.39, 0.29) is 0 Å².